The molecular weight excluding hydrogens is 307 g/mol. The summed E-state index contributed by atoms with van der Waals surface area (Å²) in [4.78, 5) is 16.1. The van der Waals surface area contributed by atoms with E-state index in [1.807, 2.05) is 31.2 Å². The first kappa shape index (κ1) is 15.8. The van der Waals surface area contributed by atoms with Gasteiger partial charge in [0.25, 0.3) is 5.91 Å². The molecule has 2 rings (SSSR count). The third-order valence-corrected chi connectivity index (χ3v) is 3.77. The van der Waals surface area contributed by atoms with Crippen molar-refractivity contribution in [2.75, 3.05) is 6.54 Å². The molecule has 1 N–H and O–H groups in total. The van der Waals surface area contributed by atoms with Gasteiger partial charge in [0.1, 0.15) is 5.69 Å². The molecule has 0 atom stereocenters. The number of pyridine rings is 1. The zero-order chi connectivity index (χ0) is 15.2. The summed E-state index contributed by atoms with van der Waals surface area (Å²) >= 11 is 11.8. The first-order valence-electron chi connectivity index (χ1n) is 6.72. The Labute approximate surface area is 134 Å². The fraction of sp³-hybridized carbons (Fsp3) is 0.250. The maximum atomic E-state index is 11.9. The maximum Gasteiger partial charge on any atom is 0.269 e. The molecule has 110 valence electrons. The van der Waals surface area contributed by atoms with E-state index in [0.717, 1.165) is 24.1 Å². The van der Waals surface area contributed by atoms with Gasteiger partial charge in [0.15, 0.2) is 0 Å². The zero-order valence-corrected chi connectivity index (χ0v) is 13.2. The van der Waals surface area contributed by atoms with Crippen molar-refractivity contribution in [2.24, 2.45) is 0 Å². The molecule has 1 aromatic heterocycles. The molecule has 0 saturated carbocycles. The molecule has 0 radical (unpaired) electrons. The number of aryl methyl sites for hydroxylation is 2. The number of benzene rings is 1. The van der Waals surface area contributed by atoms with Crippen LogP contribution < -0.4 is 5.32 Å². The second-order valence-corrected chi connectivity index (χ2v) is 5.59. The third kappa shape index (κ3) is 4.73. The van der Waals surface area contributed by atoms with Crippen molar-refractivity contribution >= 4 is 29.1 Å². The zero-order valence-electron chi connectivity index (χ0n) is 11.7. The van der Waals surface area contributed by atoms with E-state index in [1.165, 1.54) is 0 Å². The lowest BCUT2D eigenvalue weighted by Crippen LogP contribution is -2.25. The van der Waals surface area contributed by atoms with Crippen LogP contribution in [0, 0.1) is 6.92 Å². The van der Waals surface area contributed by atoms with Gasteiger partial charge < -0.3 is 5.32 Å². The first-order valence-corrected chi connectivity index (χ1v) is 7.47. The summed E-state index contributed by atoms with van der Waals surface area (Å²) in [6.07, 6.45) is 1.66. The molecule has 0 aliphatic heterocycles. The predicted octanol–water partition coefficient (Wildman–Crippen LogP) is 4.06. The van der Waals surface area contributed by atoms with Gasteiger partial charge in [-0.25, -0.2) is 4.98 Å². The van der Waals surface area contributed by atoms with Crippen LogP contribution in [0.4, 0.5) is 0 Å². The summed E-state index contributed by atoms with van der Waals surface area (Å²) in [6, 6.07) is 11.0. The number of hydrogen-bond donors (Lipinski definition) is 1. The normalized spacial score (nSPS) is 10.4. The Bertz CT molecular complexity index is 644. The first-order chi connectivity index (χ1) is 10.1. The van der Waals surface area contributed by atoms with E-state index in [0.29, 0.717) is 22.3 Å². The Morgan fingerprint density at radius 3 is 2.71 bits per heavy atom. The maximum absolute atomic E-state index is 11.9. The van der Waals surface area contributed by atoms with Crippen LogP contribution in [0.25, 0.3) is 0 Å². The van der Waals surface area contributed by atoms with Crippen LogP contribution in [0.15, 0.2) is 36.4 Å². The van der Waals surface area contributed by atoms with Crippen LogP contribution in [0.3, 0.4) is 0 Å². The SMILES string of the molecule is Cc1cccc(C(=O)NCCCc2ccc(Cl)c(Cl)c2)n1. The number of carbonyl (C=O) groups is 1. The molecule has 0 unspecified atom stereocenters. The molecule has 0 aliphatic carbocycles. The fourth-order valence-electron chi connectivity index (χ4n) is 1.95. The lowest BCUT2D eigenvalue weighted by atomic mass is 10.1. The van der Waals surface area contributed by atoms with Gasteiger partial charge in [-0.15, -0.1) is 0 Å². The topological polar surface area (TPSA) is 42.0 Å². The van der Waals surface area contributed by atoms with Crippen LogP contribution in [0.2, 0.25) is 10.0 Å². The van der Waals surface area contributed by atoms with E-state index in [9.17, 15) is 4.79 Å². The number of nitrogens with one attached hydrogen (secondary N) is 1. The van der Waals surface area contributed by atoms with Crippen LogP contribution in [-0.2, 0) is 6.42 Å². The number of hydrogen-bond acceptors (Lipinski definition) is 2. The smallest absolute Gasteiger partial charge is 0.269 e. The second kappa shape index (κ2) is 7.43. The minimum atomic E-state index is -0.146. The van der Waals surface area contributed by atoms with Gasteiger partial charge in [0.2, 0.25) is 0 Å². The van der Waals surface area contributed by atoms with E-state index in [2.05, 4.69) is 10.3 Å². The highest BCUT2D eigenvalue weighted by Gasteiger charge is 2.06. The van der Waals surface area contributed by atoms with Gasteiger partial charge in [-0.1, -0.05) is 35.3 Å². The largest absolute Gasteiger partial charge is 0.351 e. The van der Waals surface area contributed by atoms with E-state index >= 15 is 0 Å². The van der Waals surface area contributed by atoms with Crippen LogP contribution >= 0.6 is 23.2 Å². The van der Waals surface area contributed by atoms with Gasteiger partial charge in [0, 0.05) is 12.2 Å². The summed E-state index contributed by atoms with van der Waals surface area (Å²) in [7, 11) is 0. The van der Waals surface area contributed by atoms with E-state index < -0.39 is 0 Å². The molecule has 5 heteroatoms. The second-order valence-electron chi connectivity index (χ2n) is 4.77. The fourth-order valence-corrected chi connectivity index (χ4v) is 2.27. The molecule has 0 bridgehead atoms. The van der Waals surface area contributed by atoms with Crippen LogP contribution in [-0.4, -0.2) is 17.4 Å². The molecule has 0 spiro atoms. The van der Waals surface area contributed by atoms with Gasteiger partial charge in [-0.2, -0.15) is 0 Å². The van der Waals surface area contributed by atoms with E-state index in [-0.39, 0.29) is 5.91 Å². The summed E-state index contributed by atoms with van der Waals surface area (Å²) in [6.45, 7) is 2.45. The average molecular weight is 323 g/mol. The lowest BCUT2D eigenvalue weighted by Gasteiger charge is -2.06. The molecule has 3 nitrogen and oxygen atoms in total. The van der Waals surface area contributed by atoms with Crippen molar-refractivity contribution in [3.63, 3.8) is 0 Å². The summed E-state index contributed by atoms with van der Waals surface area (Å²) in [5.74, 6) is -0.146. The average Bonchev–Trinajstić information content (AvgIpc) is 2.47. The van der Waals surface area contributed by atoms with Gasteiger partial charge in [-0.3, -0.25) is 4.79 Å². The van der Waals surface area contributed by atoms with Crippen molar-refractivity contribution in [3.05, 3.63) is 63.4 Å². The summed E-state index contributed by atoms with van der Waals surface area (Å²) < 4.78 is 0. The Balaban J connectivity index is 1.79. The highest BCUT2D eigenvalue weighted by molar-refractivity contribution is 6.42. The molecule has 21 heavy (non-hydrogen) atoms. The number of amides is 1. The molecule has 0 saturated heterocycles. The van der Waals surface area contributed by atoms with Gasteiger partial charge in [0.05, 0.1) is 10.0 Å². The van der Waals surface area contributed by atoms with Crippen molar-refractivity contribution in [2.45, 2.75) is 19.8 Å². The van der Waals surface area contributed by atoms with Crippen molar-refractivity contribution in [3.8, 4) is 0 Å². The van der Waals surface area contributed by atoms with Crippen molar-refractivity contribution < 1.29 is 4.79 Å². The predicted molar refractivity (Wildman–Crippen MR) is 86.1 cm³/mol. The number of aromatic nitrogens is 1. The van der Waals surface area contributed by atoms with Gasteiger partial charge >= 0.3 is 0 Å². The minimum absolute atomic E-state index is 0.146. The molecule has 0 fully saturated rings. The van der Waals surface area contributed by atoms with Crippen LogP contribution in [0.1, 0.15) is 28.2 Å². The van der Waals surface area contributed by atoms with E-state index in [4.69, 9.17) is 23.2 Å². The summed E-state index contributed by atoms with van der Waals surface area (Å²) in [5, 5.41) is 3.97. The Kier molecular flexibility index (Phi) is 5.59. The van der Waals surface area contributed by atoms with E-state index in [1.54, 1.807) is 12.1 Å². The van der Waals surface area contributed by atoms with Crippen molar-refractivity contribution in [1.82, 2.24) is 10.3 Å². The number of halogens is 2. The molecule has 2 aromatic rings. The molecular formula is C16H16Cl2N2O. The number of rotatable bonds is 5. The Hall–Kier alpha value is -1.58. The standard InChI is InChI=1S/C16H16Cl2N2O/c1-11-4-2-6-15(20-11)16(21)19-9-3-5-12-7-8-13(17)14(18)10-12/h2,4,6-8,10H,3,5,9H2,1H3,(H,19,21). The minimum Gasteiger partial charge on any atom is -0.351 e. The molecule has 0 aliphatic rings. The third-order valence-electron chi connectivity index (χ3n) is 3.03. The molecule has 1 heterocycles. The Morgan fingerprint density at radius 1 is 1.19 bits per heavy atom. The lowest BCUT2D eigenvalue weighted by molar-refractivity contribution is 0.0948. The number of nitrogens with zero attached hydrogens (tertiary/aromatic N) is 1. The van der Waals surface area contributed by atoms with Crippen LogP contribution in [0.5, 0.6) is 0 Å². The van der Waals surface area contributed by atoms with Gasteiger partial charge in [-0.05, 0) is 49.6 Å². The highest BCUT2D eigenvalue weighted by atomic mass is 35.5. The number of carbonyl (C=O) groups excluding carboxylic acids is 1. The quantitative estimate of drug-likeness (QED) is 0.843. The van der Waals surface area contributed by atoms with Crippen molar-refractivity contribution in [1.29, 1.82) is 0 Å². The summed E-state index contributed by atoms with van der Waals surface area (Å²) in [5.41, 5.74) is 2.38. The molecule has 1 amide bonds. The Morgan fingerprint density at radius 2 is 2.00 bits per heavy atom. The molecule has 1 aromatic carbocycles. The monoisotopic (exact) mass is 322 g/mol. The highest BCUT2D eigenvalue weighted by Crippen LogP contribution is 2.23.